The number of aromatic nitrogens is 2. The molecule has 0 atom stereocenters. The molecule has 0 amide bonds. The van der Waals surface area contributed by atoms with Crippen molar-refractivity contribution in [3.63, 3.8) is 0 Å². The molecule has 5 rings (SSSR count). The number of aryl methyl sites for hydroxylation is 1. The quantitative estimate of drug-likeness (QED) is 0.396. The zero-order chi connectivity index (χ0) is 18.4. The molecule has 0 fully saturated rings. The molecule has 0 spiro atoms. The number of methoxy groups -OCH3 is 1. The summed E-state index contributed by atoms with van der Waals surface area (Å²) in [6, 6.07) is 25.4. The zero-order valence-corrected chi connectivity index (χ0v) is 15.4. The van der Waals surface area contributed by atoms with Crippen molar-refractivity contribution in [2.45, 2.75) is 6.92 Å². The minimum atomic E-state index is 0.856. The normalized spacial score (nSPS) is 11.3. The van der Waals surface area contributed by atoms with E-state index in [1.807, 2.05) is 0 Å². The van der Waals surface area contributed by atoms with Gasteiger partial charge in [0.05, 0.1) is 23.8 Å². The Balaban J connectivity index is 1.90. The second kappa shape index (κ2) is 6.06. The summed E-state index contributed by atoms with van der Waals surface area (Å²) in [5.74, 6) is 0.856. The number of fused-ring (bicyclic) bond motifs is 2. The number of hydrogen-bond acceptors (Lipinski definition) is 1. The van der Waals surface area contributed by atoms with Crippen LogP contribution < -0.4 is 4.74 Å². The summed E-state index contributed by atoms with van der Waals surface area (Å²) in [6.45, 7) is 2.15. The molecule has 3 aromatic carbocycles. The predicted octanol–water partition coefficient (Wildman–Crippen LogP) is 5.89. The Labute approximate surface area is 158 Å². The van der Waals surface area contributed by atoms with Gasteiger partial charge >= 0.3 is 0 Å². The highest BCUT2D eigenvalue weighted by Crippen LogP contribution is 2.36. The molecule has 3 nitrogen and oxygen atoms in total. The van der Waals surface area contributed by atoms with Crippen LogP contribution in [0.4, 0.5) is 0 Å². The van der Waals surface area contributed by atoms with E-state index in [0.29, 0.717) is 0 Å². The first kappa shape index (κ1) is 15.8. The van der Waals surface area contributed by atoms with Gasteiger partial charge < -0.3 is 13.9 Å². The Hall–Kier alpha value is -3.46. The third-order valence-electron chi connectivity index (χ3n) is 5.22. The van der Waals surface area contributed by atoms with Gasteiger partial charge in [0.1, 0.15) is 11.4 Å². The van der Waals surface area contributed by atoms with E-state index in [2.05, 4.69) is 101 Å². The topological polar surface area (TPSA) is 19.1 Å². The van der Waals surface area contributed by atoms with Gasteiger partial charge in [-0.15, -0.1) is 0 Å². The summed E-state index contributed by atoms with van der Waals surface area (Å²) in [5, 5.41) is 2.44. The molecule has 0 aliphatic carbocycles. The summed E-state index contributed by atoms with van der Waals surface area (Å²) >= 11 is 0. The molecule has 0 bridgehead atoms. The summed E-state index contributed by atoms with van der Waals surface area (Å²) in [7, 11) is 1.73. The smallest absolute Gasteiger partial charge is 0.145 e. The molecule has 0 saturated carbocycles. The fourth-order valence-corrected chi connectivity index (χ4v) is 3.92. The molecule has 0 unspecified atom stereocenters. The SMILES string of the molecule is COc1ccc(C)c(-n2ccc3ccccc32)c1-n1ccc2ccccc21. The van der Waals surface area contributed by atoms with E-state index in [9.17, 15) is 0 Å². The molecular weight excluding hydrogens is 332 g/mol. The van der Waals surface area contributed by atoms with Crippen LogP contribution >= 0.6 is 0 Å². The monoisotopic (exact) mass is 352 g/mol. The third-order valence-corrected chi connectivity index (χ3v) is 5.22. The lowest BCUT2D eigenvalue weighted by molar-refractivity contribution is 0.413. The second-order valence-electron chi connectivity index (χ2n) is 6.77. The van der Waals surface area contributed by atoms with Crippen LogP contribution in [-0.2, 0) is 0 Å². The number of rotatable bonds is 3. The highest BCUT2D eigenvalue weighted by Gasteiger charge is 2.18. The van der Waals surface area contributed by atoms with Crippen LogP contribution in [-0.4, -0.2) is 16.2 Å². The van der Waals surface area contributed by atoms with Crippen molar-refractivity contribution in [3.8, 4) is 17.1 Å². The van der Waals surface area contributed by atoms with Gasteiger partial charge in [0, 0.05) is 12.4 Å². The average molecular weight is 352 g/mol. The number of hydrogen-bond donors (Lipinski definition) is 0. The molecule has 2 heterocycles. The number of ether oxygens (including phenoxy) is 1. The largest absolute Gasteiger partial charge is 0.494 e. The van der Waals surface area contributed by atoms with Crippen molar-refractivity contribution >= 4 is 21.8 Å². The van der Waals surface area contributed by atoms with Crippen molar-refractivity contribution in [2.24, 2.45) is 0 Å². The third kappa shape index (κ3) is 2.36. The Kier molecular flexibility index (Phi) is 3.54. The minimum Gasteiger partial charge on any atom is -0.494 e. The summed E-state index contributed by atoms with van der Waals surface area (Å²) in [4.78, 5) is 0. The van der Waals surface area contributed by atoms with E-state index in [1.54, 1.807) is 7.11 Å². The Morgan fingerprint density at radius 1 is 0.630 bits per heavy atom. The standard InChI is InChI=1S/C24H20N2O/c1-17-11-12-22(27-2)24(26-16-14-19-8-4-6-10-21(19)26)23(17)25-15-13-18-7-3-5-9-20(18)25/h3-16H,1-2H3. The van der Waals surface area contributed by atoms with E-state index in [0.717, 1.165) is 17.1 Å². The van der Waals surface area contributed by atoms with Crippen molar-refractivity contribution in [3.05, 3.63) is 90.8 Å². The van der Waals surface area contributed by atoms with Crippen LogP contribution in [0.5, 0.6) is 5.75 Å². The maximum absolute atomic E-state index is 5.79. The molecule has 5 aromatic rings. The van der Waals surface area contributed by atoms with Crippen molar-refractivity contribution < 1.29 is 4.74 Å². The molecule has 27 heavy (non-hydrogen) atoms. The van der Waals surface area contributed by atoms with E-state index < -0.39 is 0 Å². The molecule has 0 N–H and O–H groups in total. The van der Waals surface area contributed by atoms with E-state index >= 15 is 0 Å². The summed E-state index contributed by atoms with van der Waals surface area (Å²) in [5.41, 5.74) is 5.74. The average Bonchev–Trinajstić information content (AvgIpc) is 3.32. The maximum Gasteiger partial charge on any atom is 0.145 e. The first-order valence-corrected chi connectivity index (χ1v) is 9.08. The molecule has 0 radical (unpaired) electrons. The van der Waals surface area contributed by atoms with Gasteiger partial charge in [-0.25, -0.2) is 0 Å². The fourth-order valence-electron chi connectivity index (χ4n) is 3.92. The number of para-hydroxylation sites is 2. The molecule has 0 aliphatic rings. The summed E-state index contributed by atoms with van der Waals surface area (Å²) in [6.07, 6.45) is 4.26. The van der Waals surface area contributed by atoms with Crippen molar-refractivity contribution in [1.29, 1.82) is 0 Å². The van der Waals surface area contributed by atoms with Gasteiger partial charge in [-0.3, -0.25) is 0 Å². The van der Waals surface area contributed by atoms with Gasteiger partial charge in [-0.05, 0) is 53.6 Å². The van der Waals surface area contributed by atoms with Crippen LogP contribution in [0.1, 0.15) is 5.56 Å². The van der Waals surface area contributed by atoms with Gasteiger partial charge in [0.15, 0.2) is 0 Å². The Morgan fingerprint density at radius 3 is 1.78 bits per heavy atom. The predicted molar refractivity (Wildman–Crippen MR) is 111 cm³/mol. The van der Waals surface area contributed by atoms with Crippen molar-refractivity contribution in [1.82, 2.24) is 9.13 Å². The maximum atomic E-state index is 5.79. The molecule has 2 aromatic heterocycles. The second-order valence-corrected chi connectivity index (χ2v) is 6.77. The number of benzene rings is 3. The van der Waals surface area contributed by atoms with Gasteiger partial charge in [0.2, 0.25) is 0 Å². The van der Waals surface area contributed by atoms with Crippen LogP contribution in [0.3, 0.4) is 0 Å². The first-order chi connectivity index (χ1) is 13.3. The number of nitrogens with zero attached hydrogens (tertiary/aromatic N) is 2. The molecule has 0 aliphatic heterocycles. The molecule has 3 heteroatoms. The lowest BCUT2D eigenvalue weighted by atomic mass is 10.1. The van der Waals surface area contributed by atoms with Crippen LogP contribution in [0.25, 0.3) is 33.2 Å². The molecule has 132 valence electrons. The highest BCUT2D eigenvalue weighted by atomic mass is 16.5. The Bertz CT molecular complexity index is 1280. The van der Waals surface area contributed by atoms with E-state index in [4.69, 9.17) is 4.74 Å². The summed E-state index contributed by atoms with van der Waals surface area (Å²) < 4.78 is 10.3. The van der Waals surface area contributed by atoms with Gasteiger partial charge in [-0.1, -0.05) is 42.5 Å². The molecular formula is C24H20N2O. The van der Waals surface area contributed by atoms with E-state index in [-0.39, 0.29) is 0 Å². The van der Waals surface area contributed by atoms with Crippen LogP contribution in [0.15, 0.2) is 85.2 Å². The highest BCUT2D eigenvalue weighted by molar-refractivity contribution is 5.87. The Morgan fingerprint density at radius 2 is 1.19 bits per heavy atom. The van der Waals surface area contributed by atoms with E-state index in [1.165, 1.54) is 27.4 Å². The fraction of sp³-hybridized carbons (Fsp3) is 0.0833. The first-order valence-electron chi connectivity index (χ1n) is 9.08. The zero-order valence-electron chi connectivity index (χ0n) is 15.4. The van der Waals surface area contributed by atoms with Gasteiger partial charge in [-0.2, -0.15) is 0 Å². The lowest BCUT2D eigenvalue weighted by Gasteiger charge is -2.20. The lowest BCUT2D eigenvalue weighted by Crippen LogP contribution is -2.06. The van der Waals surface area contributed by atoms with Crippen molar-refractivity contribution in [2.75, 3.05) is 7.11 Å². The van der Waals surface area contributed by atoms with Crippen LogP contribution in [0.2, 0.25) is 0 Å². The minimum absolute atomic E-state index is 0.856. The van der Waals surface area contributed by atoms with Gasteiger partial charge in [0.25, 0.3) is 0 Å². The molecule has 0 saturated heterocycles. The van der Waals surface area contributed by atoms with Crippen LogP contribution in [0, 0.1) is 6.92 Å².